The Morgan fingerprint density at radius 2 is 2.04 bits per heavy atom. The van der Waals surface area contributed by atoms with E-state index in [1.165, 1.54) is 32.1 Å². The molecule has 1 amide bonds. The van der Waals surface area contributed by atoms with E-state index in [1.54, 1.807) is 11.8 Å². The number of hydrogen-bond acceptors (Lipinski definition) is 4. The Morgan fingerprint density at radius 3 is 2.74 bits per heavy atom. The Kier molecular flexibility index (Phi) is 5.75. The molecule has 0 atom stereocenters. The molecule has 1 N–H and O–H groups in total. The first-order valence-electron chi connectivity index (χ1n) is 8.74. The van der Waals surface area contributed by atoms with Gasteiger partial charge in [0.05, 0.1) is 0 Å². The lowest BCUT2D eigenvalue weighted by molar-refractivity contribution is -0.121. The lowest BCUT2D eigenvalue weighted by atomic mass is 9.95. The van der Waals surface area contributed by atoms with E-state index in [0.29, 0.717) is 18.4 Å². The Morgan fingerprint density at radius 1 is 1.26 bits per heavy atom. The molecule has 0 aromatic carbocycles. The number of carbonyl (C=O) groups excluding carboxylic acids is 1. The minimum Gasteiger partial charge on any atom is -0.353 e. The number of nitrogens with zero attached hydrogens (tertiary/aromatic N) is 3. The number of carbonyl (C=O) groups is 1. The van der Waals surface area contributed by atoms with Gasteiger partial charge in [0.2, 0.25) is 5.91 Å². The van der Waals surface area contributed by atoms with Crippen LogP contribution in [0.5, 0.6) is 0 Å². The number of amides is 1. The Labute approximate surface area is 142 Å². The van der Waals surface area contributed by atoms with Gasteiger partial charge in [-0.05, 0) is 25.7 Å². The van der Waals surface area contributed by atoms with Gasteiger partial charge in [-0.25, -0.2) is 0 Å². The fourth-order valence-electron chi connectivity index (χ4n) is 3.13. The summed E-state index contributed by atoms with van der Waals surface area (Å²) in [6.45, 7) is 4.57. The number of rotatable bonds is 8. The van der Waals surface area contributed by atoms with Gasteiger partial charge < -0.3 is 9.88 Å². The first kappa shape index (κ1) is 16.6. The number of hydrogen-bond donors (Lipinski definition) is 1. The molecule has 3 rings (SSSR count). The van der Waals surface area contributed by atoms with Crippen LogP contribution >= 0.6 is 11.8 Å². The monoisotopic (exact) mass is 334 g/mol. The van der Waals surface area contributed by atoms with Crippen LogP contribution in [0.4, 0.5) is 0 Å². The number of allylic oxidation sites excluding steroid dienone is 1. The molecule has 2 aliphatic carbocycles. The van der Waals surface area contributed by atoms with Gasteiger partial charge >= 0.3 is 0 Å². The third kappa shape index (κ3) is 4.59. The molecule has 2 aliphatic rings. The molecule has 1 aromatic heterocycles. The van der Waals surface area contributed by atoms with Gasteiger partial charge in [-0.1, -0.05) is 37.1 Å². The summed E-state index contributed by atoms with van der Waals surface area (Å²) in [5, 5.41) is 12.7. The maximum Gasteiger partial charge on any atom is 0.221 e. The zero-order valence-corrected chi connectivity index (χ0v) is 14.5. The summed E-state index contributed by atoms with van der Waals surface area (Å²) in [4.78, 5) is 12.1. The number of aromatic nitrogens is 3. The van der Waals surface area contributed by atoms with Crippen molar-refractivity contribution >= 4 is 17.7 Å². The van der Waals surface area contributed by atoms with Gasteiger partial charge in [0, 0.05) is 30.7 Å². The molecule has 0 bridgehead atoms. The standard InChI is InChI=1S/C17H26N4OS/c1-2-11-21-16(13-8-9-13)19-20-17(21)23-12-10-15(22)18-14-6-4-3-5-7-14/h2,13-14H,1,3-12H2,(H,18,22). The molecule has 0 aliphatic heterocycles. The zero-order chi connectivity index (χ0) is 16.1. The molecule has 5 nitrogen and oxygen atoms in total. The predicted octanol–water partition coefficient (Wildman–Crippen LogP) is 3.27. The molecule has 1 heterocycles. The highest BCUT2D eigenvalue weighted by atomic mass is 32.2. The lowest BCUT2D eigenvalue weighted by Crippen LogP contribution is -2.36. The van der Waals surface area contributed by atoms with Crippen LogP contribution in [-0.2, 0) is 11.3 Å². The van der Waals surface area contributed by atoms with Crippen LogP contribution in [0.2, 0.25) is 0 Å². The first-order valence-corrected chi connectivity index (χ1v) is 9.72. The maximum atomic E-state index is 12.1. The molecule has 0 spiro atoms. The normalized spacial score (nSPS) is 18.8. The molecular formula is C17H26N4OS. The zero-order valence-electron chi connectivity index (χ0n) is 13.7. The SMILES string of the molecule is C=CCn1c(SCCC(=O)NC2CCCCC2)nnc1C1CC1. The summed E-state index contributed by atoms with van der Waals surface area (Å²) in [6.07, 6.45) is 10.9. The fourth-order valence-corrected chi connectivity index (χ4v) is 4.03. The van der Waals surface area contributed by atoms with Crippen molar-refractivity contribution < 1.29 is 4.79 Å². The van der Waals surface area contributed by atoms with Crippen LogP contribution in [0.25, 0.3) is 0 Å². The smallest absolute Gasteiger partial charge is 0.221 e. The van der Waals surface area contributed by atoms with Gasteiger partial charge in [0.25, 0.3) is 0 Å². The average Bonchev–Trinajstić information content (AvgIpc) is 3.32. The topological polar surface area (TPSA) is 59.8 Å². The highest BCUT2D eigenvalue weighted by Gasteiger charge is 2.30. The van der Waals surface area contributed by atoms with E-state index >= 15 is 0 Å². The van der Waals surface area contributed by atoms with E-state index in [2.05, 4.69) is 26.7 Å². The molecule has 0 radical (unpaired) electrons. The van der Waals surface area contributed by atoms with Crippen molar-refractivity contribution in [1.82, 2.24) is 20.1 Å². The van der Waals surface area contributed by atoms with E-state index in [0.717, 1.165) is 36.1 Å². The summed E-state index contributed by atoms with van der Waals surface area (Å²) in [5.41, 5.74) is 0. The minimum absolute atomic E-state index is 0.168. The Balaban J connectivity index is 1.46. The fraction of sp³-hybridized carbons (Fsp3) is 0.706. The second kappa shape index (κ2) is 7.99. The third-order valence-electron chi connectivity index (χ3n) is 4.53. The summed E-state index contributed by atoms with van der Waals surface area (Å²) >= 11 is 1.62. The van der Waals surface area contributed by atoms with Crippen LogP contribution in [0.15, 0.2) is 17.8 Å². The van der Waals surface area contributed by atoms with Gasteiger partial charge in [-0.2, -0.15) is 0 Å². The van der Waals surface area contributed by atoms with Crippen molar-refractivity contribution in [3.8, 4) is 0 Å². The van der Waals surface area contributed by atoms with Crippen LogP contribution in [-0.4, -0.2) is 32.5 Å². The van der Waals surface area contributed by atoms with E-state index in [1.807, 2.05) is 6.08 Å². The largest absolute Gasteiger partial charge is 0.353 e. The summed E-state index contributed by atoms with van der Waals surface area (Å²) in [5.74, 6) is 2.57. The van der Waals surface area contributed by atoms with Crippen molar-refractivity contribution in [2.75, 3.05) is 5.75 Å². The van der Waals surface area contributed by atoms with E-state index in [-0.39, 0.29) is 5.91 Å². The summed E-state index contributed by atoms with van der Waals surface area (Å²) < 4.78 is 2.15. The average molecular weight is 334 g/mol. The predicted molar refractivity (Wildman–Crippen MR) is 92.6 cm³/mol. The molecule has 0 unspecified atom stereocenters. The van der Waals surface area contributed by atoms with Crippen molar-refractivity contribution in [3.05, 3.63) is 18.5 Å². The van der Waals surface area contributed by atoms with Gasteiger partial charge in [0.15, 0.2) is 5.16 Å². The molecule has 1 aromatic rings. The van der Waals surface area contributed by atoms with Crippen molar-refractivity contribution in [2.45, 2.75) is 75.0 Å². The van der Waals surface area contributed by atoms with Gasteiger partial charge in [0.1, 0.15) is 5.82 Å². The van der Waals surface area contributed by atoms with Gasteiger partial charge in [-0.15, -0.1) is 16.8 Å². The third-order valence-corrected chi connectivity index (χ3v) is 5.50. The van der Waals surface area contributed by atoms with E-state index < -0.39 is 0 Å². The number of nitrogens with one attached hydrogen (secondary N) is 1. The molecular weight excluding hydrogens is 308 g/mol. The van der Waals surface area contributed by atoms with Crippen LogP contribution < -0.4 is 5.32 Å². The van der Waals surface area contributed by atoms with Crippen LogP contribution in [0, 0.1) is 0 Å². The van der Waals surface area contributed by atoms with Crippen molar-refractivity contribution in [1.29, 1.82) is 0 Å². The summed E-state index contributed by atoms with van der Waals surface area (Å²) in [7, 11) is 0. The van der Waals surface area contributed by atoms with E-state index in [4.69, 9.17) is 0 Å². The van der Waals surface area contributed by atoms with Crippen LogP contribution in [0.3, 0.4) is 0 Å². The molecule has 2 fully saturated rings. The van der Waals surface area contributed by atoms with Crippen molar-refractivity contribution in [3.63, 3.8) is 0 Å². The van der Waals surface area contributed by atoms with Crippen LogP contribution in [0.1, 0.15) is 63.1 Å². The van der Waals surface area contributed by atoms with E-state index in [9.17, 15) is 4.79 Å². The Bertz CT molecular complexity index is 547. The Hall–Kier alpha value is -1.30. The minimum atomic E-state index is 0.168. The highest BCUT2D eigenvalue weighted by molar-refractivity contribution is 7.99. The number of thioether (sulfide) groups is 1. The molecule has 126 valence electrons. The second-order valence-electron chi connectivity index (χ2n) is 6.52. The molecule has 6 heteroatoms. The summed E-state index contributed by atoms with van der Waals surface area (Å²) in [6, 6.07) is 0.395. The van der Waals surface area contributed by atoms with Crippen molar-refractivity contribution in [2.24, 2.45) is 0 Å². The highest BCUT2D eigenvalue weighted by Crippen LogP contribution is 2.40. The second-order valence-corrected chi connectivity index (χ2v) is 7.58. The molecule has 0 saturated heterocycles. The quantitative estimate of drug-likeness (QED) is 0.585. The molecule has 2 saturated carbocycles. The lowest BCUT2D eigenvalue weighted by Gasteiger charge is -2.22. The molecule has 23 heavy (non-hydrogen) atoms. The van der Waals surface area contributed by atoms with Gasteiger partial charge in [-0.3, -0.25) is 4.79 Å². The first-order chi connectivity index (χ1) is 11.3. The maximum absolute atomic E-state index is 12.1.